The molecule has 3 aromatic rings. The number of hydrogen-bond acceptors (Lipinski definition) is 8. The van der Waals surface area contributed by atoms with Gasteiger partial charge in [0.25, 0.3) is 6.47 Å². The zero-order valence-electron chi connectivity index (χ0n) is 19.5. The zero-order chi connectivity index (χ0) is 25.3. The van der Waals surface area contributed by atoms with E-state index in [2.05, 4.69) is 20.9 Å². The highest BCUT2D eigenvalue weighted by atomic mass is 35.5. The topological polar surface area (TPSA) is 105 Å². The number of hydrogen-bond donors (Lipinski definition) is 3. The van der Waals surface area contributed by atoms with Gasteiger partial charge < -0.3 is 30.3 Å². The van der Waals surface area contributed by atoms with Gasteiger partial charge in [-0.3, -0.25) is 14.6 Å². The lowest BCUT2D eigenvalue weighted by Gasteiger charge is -2.29. The van der Waals surface area contributed by atoms with Crippen molar-refractivity contribution >= 4 is 51.9 Å². The van der Waals surface area contributed by atoms with Gasteiger partial charge in [0, 0.05) is 41.1 Å². The van der Waals surface area contributed by atoms with Crippen LogP contribution in [0.1, 0.15) is 0 Å². The van der Waals surface area contributed by atoms with Crippen LogP contribution in [0.4, 0.5) is 21.5 Å². The summed E-state index contributed by atoms with van der Waals surface area (Å²) in [6, 6.07) is 12.0. The summed E-state index contributed by atoms with van der Waals surface area (Å²) in [6.07, 6.45) is 0.992. The zero-order valence-corrected chi connectivity index (χ0v) is 20.3. The molecule has 3 N–H and O–H groups in total. The van der Waals surface area contributed by atoms with Crippen molar-refractivity contribution in [3.63, 3.8) is 0 Å². The average Bonchev–Trinajstić information content (AvgIpc) is 2.89. The normalized spacial score (nSPS) is 14.2. The highest BCUT2D eigenvalue weighted by molar-refractivity contribution is 6.31. The fourth-order valence-electron chi connectivity index (χ4n) is 3.90. The number of amides is 1. The lowest BCUT2D eigenvalue weighted by molar-refractivity contribution is -0.133. The number of morpholine rings is 1. The molecule has 9 nitrogen and oxygen atoms in total. The Morgan fingerprint density at radius 2 is 2.00 bits per heavy atom. The third-order valence-corrected chi connectivity index (χ3v) is 5.99. The van der Waals surface area contributed by atoms with Crippen LogP contribution in [0.15, 0.2) is 48.7 Å². The first kappa shape index (κ1) is 25.5. The molecule has 0 aliphatic carbocycles. The second-order valence-corrected chi connectivity index (χ2v) is 8.61. The largest absolute Gasteiger partial charge is 0.461 e. The standard InChI is InChI=1S/C25H27ClFN5O4/c26-17-1-3-20-22(5-6-28-23(20)11-17)30-15-25(34)31-14-19(36-16-33)13-29-18-2-4-24(21(27)12-18)32-7-9-35-10-8-32/h1-6,11-12,16,19,29H,7-10,13-15H2,(H,28,30)(H,31,34)/t19-/m1/s1. The number of halogens is 2. The van der Waals surface area contributed by atoms with Gasteiger partial charge in [0.15, 0.2) is 0 Å². The number of nitrogens with one attached hydrogen (secondary N) is 3. The van der Waals surface area contributed by atoms with Crippen LogP contribution in [-0.2, 0) is 19.1 Å². The molecule has 11 heteroatoms. The van der Waals surface area contributed by atoms with Gasteiger partial charge in [0.1, 0.15) is 11.9 Å². The van der Waals surface area contributed by atoms with E-state index in [0.29, 0.717) is 54.7 Å². The van der Waals surface area contributed by atoms with E-state index in [1.165, 1.54) is 6.07 Å². The van der Waals surface area contributed by atoms with Gasteiger partial charge >= 0.3 is 0 Å². The molecular weight excluding hydrogens is 489 g/mol. The van der Waals surface area contributed by atoms with Crippen LogP contribution in [0.5, 0.6) is 0 Å². The highest BCUT2D eigenvalue weighted by Gasteiger charge is 2.16. The van der Waals surface area contributed by atoms with Crippen LogP contribution in [-0.4, -0.2) is 69.4 Å². The number of carbonyl (C=O) groups is 2. The molecule has 0 saturated carbocycles. The molecule has 1 aliphatic heterocycles. The Balaban J connectivity index is 1.26. The van der Waals surface area contributed by atoms with Crippen molar-refractivity contribution in [2.24, 2.45) is 0 Å². The van der Waals surface area contributed by atoms with Gasteiger partial charge in [-0.2, -0.15) is 0 Å². The van der Waals surface area contributed by atoms with E-state index in [9.17, 15) is 14.0 Å². The molecule has 1 fully saturated rings. The molecule has 2 heterocycles. The number of ether oxygens (including phenoxy) is 2. The Kier molecular flexibility index (Phi) is 8.75. The van der Waals surface area contributed by atoms with Crippen molar-refractivity contribution < 1.29 is 23.5 Å². The molecule has 0 bridgehead atoms. The van der Waals surface area contributed by atoms with Crippen LogP contribution in [0.3, 0.4) is 0 Å². The lowest BCUT2D eigenvalue weighted by atomic mass is 10.2. The summed E-state index contributed by atoms with van der Waals surface area (Å²) in [7, 11) is 0. The maximum absolute atomic E-state index is 14.6. The Hall–Kier alpha value is -3.63. The number of anilines is 3. The van der Waals surface area contributed by atoms with Gasteiger partial charge in [0.2, 0.25) is 5.91 Å². The summed E-state index contributed by atoms with van der Waals surface area (Å²) in [5.74, 6) is -0.630. The van der Waals surface area contributed by atoms with E-state index in [1.807, 2.05) is 11.0 Å². The minimum atomic E-state index is -0.641. The van der Waals surface area contributed by atoms with Gasteiger partial charge in [0.05, 0.1) is 44.1 Å². The lowest BCUT2D eigenvalue weighted by Crippen LogP contribution is -2.39. The van der Waals surface area contributed by atoms with Crippen molar-refractivity contribution in [3.8, 4) is 0 Å². The van der Waals surface area contributed by atoms with E-state index >= 15 is 0 Å². The van der Waals surface area contributed by atoms with Crippen LogP contribution in [0.2, 0.25) is 5.02 Å². The van der Waals surface area contributed by atoms with Gasteiger partial charge in [-0.15, -0.1) is 0 Å². The summed E-state index contributed by atoms with van der Waals surface area (Å²) >= 11 is 6.02. The monoisotopic (exact) mass is 515 g/mol. The van der Waals surface area contributed by atoms with E-state index in [1.54, 1.807) is 36.5 Å². The molecular formula is C25H27ClFN5O4. The van der Waals surface area contributed by atoms with Gasteiger partial charge in [-0.1, -0.05) is 11.6 Å². The van der Waals surface area contributed by atoms with E-state index in [4.69, 9.17) is 21.1 Å². The summed E-state index contributed by atoms with van der Waals surface area (Å²) in [5, 5.41) is 10.3. The number of rotatable bonds is 11. The molecule has 1 saturated heterocycles. The van der Waals surface area contributed by atoms with Crippen LogP contribution in [0.25, 0.3) is 10.9 Å². The first-order valence-corrected chi connectivity index (χ1v) is 11.9. The summed E-state index contributed by atoms with van der Waals surface area (Å²) in [5.41, 5.74) is 2.53. The minimum absolute atomic E-state index is 0.0111. The van der Waals surface area contributed by atoms with Crippen LogP contribution >= 0.6 is 11.6 Å². The molecule has 190 valence electrons. The minimum Gasteiger partial charge on any atom is -0.461 e. The Bertz CT molecular complexity index is 1210. The van der Waals surface area contributed by atoms with E-state index in [-0.39, 0.29) is 31.4 Å². The number of pyridine rings is 1. The first-order valence-electron chi connectivity index (χ1n) is 11.5. The molecule has 1 aliphatic rings. The summed E-state index contributed by atoms with van der Waals surface area (Å²) in [6.45, 7) is 3.04. The van der Waals surface area contributed by atoms with Gasteiger partial charge in [-0.05, 0) is 42.5 Å². The number of benzene rings is 2. The van der Waals surface area contributed by atoms with Crippen molar-refractivity contribution in [1.82, 2.24) is 10.3 Å². The van der Waals surface area contributed by atoms with E-state index < -0.39 is 6.10 Å². The first-order chi connectivity index (χ1) is 17.5. The molecule has 2 aromatic carbocycles. The second-order valence-electron chi connectivity index (χ2n) is 8.18. The quantitative estimate of drug-likeness (QED) is 0.335. The molecule has 0 spiro atoms. The maximum atomic E-state index is 14.6. The third-order valence-electron chi connectivity index (χ3n) is 5.75. The number of carbonyl (C=O) groups excluding carboxylic acids is 2. The Morgan fingerprint density at radius 1 is 1.17 bits per heavy atom. The van der Waals surface area contributed by atoms with Crippen LogP contribution < -0.4 is 20.9 Å². The molecule has 36 heavy (non-hydrogen) atoms. The Morgan fingerprint density at radius 3 is 2.78 bits per heavy atom. The van der Waals surface area contributed by atoms with Crippen molar-refractivity contribution in [3.05, 3.63) is 59.5 Å². The average molecular weight is 516 g/mol. The predicted molar refractivity (Wildman–Crippen MR) is 137 cm³/mol. The maximum Gasteiger partial charge on any atom is 0.293 e. The summed E-state index contributed by atoms with van der Waals surface area (Å²) < 4.78 is 25.0. The number of aromatic nitrogens is 1. The fraction of sp³-hybridized carbons (Fsp3) is 0.320. The smallest absolute Gasteiger partial charge is 0.293 e. The molecule has 4 rings (SSSR count). The fourth-order valence-corrected chi connectivity index (χ4v) is 4.06. The highest BCUT2D eigenvalue weighted by Crippen LogP contribution is 2.25. The number of nitrogens with zero attached hydrogens (tertiary/aromatic N) is 2. The van der Waals surface area contributed by atoms with Crippen molar-refractivity contribution in [1.29, 1.82) is 0 Å². The molecule has 1 atom stereocenters. The van der Waals surface area contributed by atoms with Gasteiger partial charge in [-0.25, -0.2) is 4.39 Å². The van der Waals surface area contributed by atoms with Crippen LogP contribution in [0, 0.1) is 5.82 Å². The summed E-state index contributed by atoms with van der Waals surface area (Å²) in [4.78, 5) is 29.5. The SMILES string of the molecule is O=CO[C@@H](CNC(=O)CNc1ccnc2cc(Cl)ccc12)CNc1ccc(N2CCOCC2)c(F)c1. The molecule has 0 radical (unpaired) electrons. The molecule has 1 amide bonds. The third kappa shape index (κ3) is 6.73. The second kappa shape index (κ2) is 12.4. The molecule has 1 aromatic heterocycles. The van der Waals surface area contributed by atoms with Crippen molar-refractivity contribution in [2.75, 3.05) is 61.5 Å². The number of fused-ring (bicyclic) bond motifs is 1. The Labute approximate surface area is 212 Å². The van der Waals surface area contributed by atoms with Crippen molar-refractivity contribution in [2.45, 2.75) is 6.10 Å². The predicted octanol–water partition coefficient (Wildman–Crippen LogP) is 3.05. The molecule has 0 unspecified atom stereocenters. The van der Waals surface area contributed by atoms with E-state index in [0.717, 1.165) is 11.1 Å².